The van der Waals surface area contributed by atoms with Crippen LogP contribution in [-0.4, -0.2) is 45.4 Å². The first-order valence-electron chi connectivity index (χ1n) is 8.66. The summed E-state index contributed by atoms with van der Waals surface area (Å²) in [5.74, 6) is 0.525. The summed E-state index contributed by atoms with van der Waals surface area (Å²) < 4.78 is 26.8. The van der Waals surface area contributed by atoms with Gasteiger partial charge in [0.25, 0.3) is 5.91 Å². The highest BCUT2D eigenvalue weighted by molar-refractivity contribution is 5.98. The number of anilines is 1. The Morgan fingerprint density at radius 1 is 1.04 bits per heavy atom. The second kappa shape index (κ2) is 8.51. The van der Waals surface area contributed by atoms with Gasteiger partial charge in [-0.05, 0) is 31.2 Å². The SMILES string of the molecule is COc1ccccc1NC(=O)[C@@H](C)OC(=O)c1cc(OC)c2c(c1)OCCO2. The summed E-state index contributed by atoms with van der Waals surface area (Å²) in [4.78, 5) is 24.9. The minimum atomic E-state index is -1.03. The lowest BCUT2D eigenvalue weighted by Gasteiger charge is -2.21. The molecule has 1 amide bonds. The summed E-state index contributed by atoms with van der Waals surface area (Å²) >= 11 is 0. The normalized spacial score (nSPS) is 13.2. The van der Waals surface area contributed by atoms with Crippen LogP contribution in [0, 0.1) is 0 Å². The largest absolute Gasteiger partial charge is 0.495 e. The van der Waals surface area contributed by atoms with E-state index in [2.05, 4.69) is 5.32 Å². The van der Waals surface area contributed by atoms with E-state index in [1.807, 2.05) is 0 Å². The molecule has 1 aliphatic rings. The summed E-state index contributed by atoms with van der Waals surface area (Å²) in [5.41, 5.74) is 0.678. The van der Waals surface area contributed by atoms with Crippen LogP contribution in [0.3, 0.4) is 0 Å². The van der Waals surface area contributed by atoms with Gasteiger partial charge in [0.2, 0.25) is 5.75 Å². The van der Waals surface area contributed by atoms with E-state index in [1.165, 1.54) is 33.3 Å². The lowest BCUT2D eigenvalue weighted by molar-refractivity contribution is -0.123. The molecular weight excluding hydrogens is 366 g/mol. The third-order valence-electron chi connectivity index (χ3n) is 4.08. The topological polar surface area (TPSA) is 92.3 Å². The number of benzene rings is 2. The fraction of sp³-hybridized carbons (Fsp3) is 0.300. The molecular formula is C20H21NO7. The van der Waals surface area contributed by atoms with Crippen LogP contribution in [0.2, 0.25) is 0 Å². The molecule has 0 fully saturated rings. The van der Waals surface area contributed by atoms with Crippen molar-refractivity contribution in [2.45, 2.75) is 13.0 Å². The molecule has 1 N–H and O–H groups in total. The zero-order valence-electron chi connectivity index (χ0n) is 15.8. The smallest absolute Gasteiger partial charge is 0.339 e. The number of hydrogen-bond acceptors (Lipinski definition) is 7. The summed E-state index contributed by atoms with van der Waals surface area (Å²) in [7, 11) is 2.97. The van der Waals surface area contributed by atoms with Gasteiger partial charge in [-0.15, -0.1) is 0 Å². The van der Waals surface area contributed by atoms with Crippen LogP contribution in [0.15, 0.2) is 36.4 Å². The Balaban J connectivity index is 1.71. The van der Waals surface area contributed by atoms with Gasteiger partial charge in [0.15, 0.2) is 17.6 Å². The number of hydrogen-bond donors (Lipinski definition) is 1. The van der Waals surface area contributed by atoms with Crippen LogP contribution in [0.4, 0.5) is 5.69 Å². The molecule has 2 aromatic carbocycles. The van der Waals surface area contributed by atoms with Crippen molar-refractivity contribution in [1.82, 2.24) is 0 Å². The number of fused-ring (bicyclic) bond motifs is 1. The molecule has 3 rings (SSSR count). The van der Waals surface area contributed by atoms with Gasteiger partial charge in [-0.2, -0.15) is 0 Å². The lowest BCUT2D eigenvalue weighted by Crippen LogP contribution is -2.30. The van der Waals surface area contributed by atoms with Crippen molar-refractivity contribution in [3.8, 4) is 23.0 Å². The Morgan fingerprint density at radius 2 is 1.75 bits per heavy atom. The molecule has 0 unspecified atom stereocenters. The standard InChI is InChI=1S/C20H21NO7/c1-12(19(22)21-14-6-4-5-7-15(14)24-2)28-20(23)13-10-16(25-3)18-17(11-13)26-8-9-27-18/h4-7,10-12H,8-9H2,1-3H3,(H,21,22)/t12-/m1/s1. The van der Waals surface area contributed by atoms with Crippen LogP contribution in [0.25, 0.3) is 0 Å². The van der Waals surface area contributed by atoms with E-state index in [4.69, 9.17) is 23.7 Å². The van der Waals surface area contributed by atoms with Crippen molar-refractivity contribution in [3.63, 3.8) is 0 Å². The Morgan fingerprint density at radius 3 is 2.50 bits per heavy atom. The Hall–Kier alpha value is -3.42. The van der Waals surface area contributed by atoms with Crippen molar-refractivity contribution in [2.24, 2.45) is 0 Å². The Bertz CT molecular complexity index is 864. The van der Waals surface area contributed by atoms with Gasteiger partial charge in [-0.1, -0.05) is 12.1 Å². The van der Waals surface area contributed by atoms with E-state index in [0.29, 0.717) is 41.9 Å². The van der Waals surface area contributed by atoms with Crippen LogP contribution in [0.1, 0.15) is 17.3 Å². The molecule has 0 saturated heterocycles. The molecule has 0 bridgehead atoms. The highest BCUT2D eigenvalue weighted by Gasteiger charge is 2.24. The number of amides is 1. The zero-order valence-corrected chi connectivity index (χ0v) is 15.8. The van der Waals surface area contributed by atoms with E-state index in [0.717, 1.165) is 0 Å². The molecule has 0 saturated carbocycles. The van der Waals surface area contributed by atoms with Gasteiger partial charge in [-0.3, -0.25) is 4.79 Å². The molecule has 0 aromatic heterocycles. The van der Waals surface area contributed by atoms with Crippen molar-refractivity contribution >= 4 is 17.6 Å². The van der Waals surface area contributed by atoms with Crippen molar-refractivity contribution < 1.29 is 33.3 Å². The third kappa shape index (κ3) is 4.11. The molecule has 1 aliphatic heterocycles. The van der Waals surface area contributed by atoms with Crippen molar-refractivity contribution in [1.29, 1.82) is 0 Å². The first-order valence-corrected chi connectivity index (χ1v) is 8.66. The van der Waals surface area contributed by atoms with Crippen LogP contribution in [-0.2, 0) is 9.53 Å². The minimum Gasteiger partial charge on any atom is -0.495 e. The molecule has 1 atom stereocenters. The molecule has 8 heteroatoms. The maximum atomic E-state index is 12.5. The average molecular weight is 387 g/mol. The first kappa shape index (κ1) is 19.3. The average Bonchev–Trinajstić information content (AvgIpc) is 2.73. The van der Waals surface area contributed by atoms with E-state index in [1.54, 1.807) is 24.3 Å². The maximum absolute atomic E-state index is 12.5. The third-order valence-corrected chi connectivity index (χ3v) is 4.08. The number of methoxy groups -OCH3 is 2. The molecule has 0 spiro atoms. The number of ether oxygens (including phenoxy) is 5. The first-order chi connectivity index (χ1) is 13.5. The van der Waals surface area contributed by atoms with Gasteiger partial charge in [0.05, 0.1) is 25.5 Å². The van der Waals surface area contributed by atoms with Gasteiger partial charge >= 0.3 is 5.97 Å². The number of carbonyl (C=O) groups is 2. The fourth-order valence-electron chi connectivity index (χ4n) is 2.66. The number of esters is 1. The summed E-state index contributed by atoms with van der Waals surface area (Å²) in [6.45, 7) is 2.25. The summed E-state index contributed by atoms with van der Waals surface area (Å²) in [6, 6.07) is 9.94. The van der Waals surface area contributed by atoms with E-state index in [9.17, 15) is 9.59 Å². The van der Waals surface area contributed by atoms with E-state index < -0.39 is 18.0 Å². The molecule has 148 valence electrons. The highest BCUT2D eigenvalue weighted by atomic mass is 16.6. The van der Waals surface area contributed by atoms with Gasteiger partial charge < -0.3 is 29.0 Å². The molecule has 0 aliphatic carbocycles. The number of nitrogens with one attached hydrogen (secondary N) is 1. The summed E-state index contributed by atoms with van der Waals surface area (Å²) in [5, 5.41) is 2.68. The molecule has 28 heavy (non-hydrogen) atoms. The van der Waals surface area contributed by atoms with Gasteiger partial charge in [-0.25, -0.2) is 4.79 Å². The van der Waals surface area contributed by atoms with E-state index in [-0.39, 0.29) is 5.56 Å². The Labute approximate surface area is 162 Å². The molecule has 1 heterocycles. The highest BCUT2D eigenvalue weighted by Crippen LogP contribution is 2.40. The van der Waals surface area contributed by atoms with Gasteiger partial charge in [0.1, 0.15) is 19.0 Å². The second-order valence-electron chi connectivity index (χ2n) is 5.94. The number of para-hydroxylation sites is 2. The predicted octanol–water partition coefficient (Wildman–Crippen LogP) is 2.66. The fourth-order valence-corrected chi connectivity index (χ4v) is 2.66. The molecule has 0 radical (unpaired) electrons. The number of carbonyl (C=O) groups excluding carboxylic acids is 2. The Kier molecular flexibility index (Phi) is 5.88. The minimum absolute atomic E-state index is 0.193. The van der Waals surface area contributed by atoms with Crippen LogP contribution in [0.5, 0.6) is 23.0 Å². The lowest BCUT2D eigenvalue weighted by atomic mass is 10.1. The summed E-state index contributed by atoms with van der Waals surface area (Å²) in [6.07, 6.45) is -1.03. The number of rotatable bonds is 6. The van der Waals surface area contributed by atoms with Crippen LogP contribution >= 0.6 is 0 Å². The maximum Gasteiger partial charge on any atom is 0.339 e. The predicted molar refractivity (Wildman–Crippen MR) is 100 cm³/mol. The van der Waals surface area contributed by atoms with Crippen LogP contribution < -0.4 is 24.3 Å². The molecule has 8 nitrogen and oxygen atoms in total. The van der Waals surface area contributed by atoms with E-state index >= 15 is 0 Å². The van der Waals surface area contributed by atoms with Crippen molar-refractivity contribution in [3.05, 3.63) is 42.0 Å². The zero-order chi connectivity index (χ0) is 20.1. The molecule has 2 aromatic rings. The second-order valence-corrected chi connectivity index (χ2v) is 5.94. The monoisotopic (exact) mass is 387 g/mol. The quantitative estimate of drug-likeness (QED) is 0.762. The van der Waals surface area contributed by atoms with Crippen molar-refractivity contribution in [2.75, 3.05) is 32.8 Å². The van der Waals surface area contributed by atoms with Gasteiger partial charge in [0, 0.05) is 0 Å².